The van der Waals surface area contributed by atoms with E-state index in [1.54, 1.807) is 11.8 Å². The molecule has 5 heteroatoms. The topological polar surface area (TPSA) is 32.8 Å². The summed E-state index contributed by atoms with van der Waals surface area (Å²) in [5.41, 5.74) is 1.10. The normalized spacial score (nSPS) is 22.6. The molecule has 2 saturated heterocycles. The van der Waals surface area contributed by atoms with Crippen LogP contribution in [0.3, 0.4) is 0 Å². The first-order valence-corrected chi connectivity index (χ1v) is 10.7. The Hall–Kier alpha value is -1.04. The molecule has 0 saturated carbocycles. The molecule has 1 aromatic rings. The maximum Gasteiger partial charge on any atom is 0.227 e. The average molecular weight is 363 g/mol. The highest BCUT2D eigenvalue weighted by Gasteiger charge is 2.25. The molecular weight excluding hydrogens is 332 g/mol. The molecule has 25 heavy (non-hydrogen) atoms. The minimum Gasteiger partial charge on any atom is -0.375 e. The van der Waals surface area contributed by atoms with Crippen LogP contribution in [0.2, 0.25) is 0 Å². The Balaban J connectivity index is 1.54. The van der Waals surface area contributed by atoms with Gasteiger partial charge < -0.3 is 14.5 Å². The lowest BCUT2D eigenvalue weighted by molar-refractivity contribution is -0.131. The molecule has 1 amide bonds. The molecule has 4 nitrogen and oxygen atoms in total. The van der Waals surface area contributed by atoms with Gasteiger partial charge in [0.15, 0.2) is 0 Å². The fourth-order valence-electron chi connectivity index (χ4n) is 3.69. The molecule has 2 fully saturated rings. The molecule has 1 atom stereocenters. The number of thioether (sulfide) groups is 1. The van der Waals surface area contributed by atoms with E-state index in [1.165, 1.54) is 37.2 Å². The molecule has 0 spiro atoms. The maximum atomic E-state index is 12.8. The largest absolute Gasteiger partial charge is 0.375 e. The van der Waals surface area contributed by atoms with Crippen molar-refractivity contribution >= 4 is 17.7 Å². The van der Waals surface area contributed by atoms with Crippen LogP contribution in [0.1, 0.15) is 31.2 Å². The zero-order valence-corrected chi connectivity index (χ0v) is 16.1. The molecule has 138 valence electrons. The van der Waals surface area contributed by atoms with Crippen molar-refractivity contribution in [3.05, 3.63) is 29.8 Å². The van der Waals surface area contributed by atoms with Crippen LogP contribution in [0.4, 0.5) is 0 Å². The van der Waals surface area contributed by atoms with E-state index in [4.69, 9.17) is 4.74 Å². The predicted molar refractivity (Wildman–Crippen MR) is 103 cm³/mol. The first-order valence-electron chi connectivity index (χ1n) is 9.49. The Kier molecular flexibility index (Phi) is 7.20. The fourth-order valence-corrected chi connectivity index (χ4v) is 4.10. The number of benzene rings is 1. The number of nitrogens with zero attached hydrogens (tertiary/aromatic N) is 2. The van der Waals surface area contributed by atoms with Gasteiger partial charge in [0.25, 0.3) is 0 Å². The maximum absolute atomic E-state index is 12.8. The second kappa shape index (κ2) is 9.60. The van der Waals surface area contributed by atoms with Crippen molar-refractivity contribution in [2.75, 3.05) is 45.6 Å². The molecule has 0 N–H and O–H groups in total. The summed E-state index contributed by atoms with van der Waals surface area (Å²) < 4.78 is 6.03. The molecule has 3 rings (SSSR count). The Morgan fingerprint density at radius 3 is 2.60 bits per heavy atom. The minimum atomic E-state index is 0.156. The second-order valence-corrected chi connectivity index (χ2v) is 7.95. The lowest BCUT2D eigenvalue weighted by atomic mass is 10.1. The van der Waals surface area contributed by atoms with Crippen molar-refractivity contribution in [3.63, 3.8) is 0 Å². The molecule has 0 aliphatic carbocycles. The van der Waals surface area contributed by atoms with Crippen molar-refractivity contribution in [2.24, 2.45) is 0 Å². The van der Waals surface area contributed by atoms with Crippen molar-refractivity contribution in [2.45, 2.75) is 43.1 Å². The van der Waals surface area contributed by atoms with E-state index in [0.29, 0.717) is 6.42 Å². The Morgan fingerprint density at radius 2 is 1.88 bits per heavy atom. The Bertz CT molecular complexity index is 543. The Morgan fingerprint density at radius 1 is 1.12 bits per heavy atom. The molecule has 1 aromatic carbocycles. The van der Waals surface area contributed by atoms with E-state index < -0.39 is 0 Å². The van der Waals surface area contributed by atoms with E-state index >= 15 is 0 Å². The minimum absolute atomic E-state index is 0.156. The summed E-state index contributed by atoms with van der Waals surface area (Å²) in [4.78, 5) is 18.5. The van der Waals surface area contributed by atoms with E-state index in [-0.39, 0.29) is 12.0 Å². The molecule has 2 aliphatic rings. The van der Waals surface area contributed by atoms with Gasteiger partial charge in [-0.25, -0.2) is 0 Å². The number of rotatable bonds is 5. The number of ether oxygens (including phenoxy) is 1. The zero-order chi connectivity index (χ0) is 17.5. The monoisotopic (exact) mass is 362 g/mol. The van der Waals surface area contributed by atoms with Crippen LogP contribution < -0.4 is 0 Å². The molecule has 0 bridgehead atoms. The van der Waals surface area contributed by atoms with Crippen molar-refractivity contribution in [1.82, 2.24) is 9.80 Å². The zero-order valence-electron chi connectivity index (χ0n) is 15.3. The lowest BCUT2D eigenvalue weighted by Gasteiger charge is -2.31. The number of hydrogen-bond acceptors (Lipinski definition) is 4. The molecule has 0 aromatic heterocycles. The average Bonchev–Trinajstić information content (AvgIpc) is 2.89. The van der Waals surface area contributed by atoms with Crippen molar-refractivity contribution < 1.29 is 9.53 Å². The standard InChI is InChI=1S/C20H30N2O2S/c1-25-19-8-6-17(7-9-19)14-20(23)22-12-5-13-24-18(16-22)15-21-10-3-2-4-11-21/h6-9,18H,2-5,10-16H2,1H3/t18-/m0/s1. The summed E-state index contributed by atoms with van der Waals surface area (Å²) in [6.45, 7) is 5.64. The second-order valence-electron chi connectivity index (χ2n) is 7.07. The molecule has 0 unspecified atom stereocenters. The van der Waals surface area contributed by atoms with Gasteiger partial charge >= 0.3 is 0 Å². The molecule has 0 radical (unpaired) electrons. The third-order valence-corrected chi connectivity index (χ3v) is 5.87. The molecule has 2 aliphatic heterocycles. The number of carbonyl (C=O) groups is 1. The number of hydrogen-bond donors (Lipinski definition) is 0. The summed E-state index contributed by atoms with van der Waals surface area (Å²) >= 11 is 1.73. The third kappa shape index (κ3) is 5.73. The van der Waals surface area contributed by atoms with Gasteiger partial charge in [-0.3, -0.25) is 4.79 Å². The smallest absolute Gasteiger partial charge is 0.227 e. The number of piperidine rings is 1. The van der Waals surface area contributed by atoms with Gasteiger partial charge in [-0.15, -0.1) is 11.8 Å². The number of likely N-dealkylation sites (tertiary alicyclic amines) is 1. The van der Waals surface area contributed by atoms with Gasteiger partial charge in [0.05, 0.1) is 12.5 Å². The third-order valence-electron chi connectivity index (χ3n) is 5.13. The van der Waals surface area contributed by atoms with Crippen LogP contribution in [-0.2, 0) is 16.0 Å². The summed E-state index contributed by atoms with van der Waals surface area (Å²) in [6.07, 6.45) is 7.59. The van der Waals surface area contributed by atoms with E-state index in [9.17, 15) is 4.79 Å². The SMILES string of the molecule is CSc1ccc(CC(=O)N2CCCO[C@@H](CN3CCCCC3)C2)cc1. The van der Waals surface area contributed by atoms with Gasteiger partial charge in [0.2, 0.25) is 5.91 Å². The fraction of sp³-hybridized carbons (Fsp3) is 0.650. The summed E-state index contributed by atoms with van der Waals surface area (Å²) in [6, 6.07) is 8.34. The van der Waals surface area contributed by atoms with E-state index in [1.807, 2.05) is 4.90 Å². The first kappa shape index (κ1) is 18.7. The lowest BCUT2D eigenvalue weighted by Crippen LogP contribution is -2.44. The quantitative estimate of drug-likeness (QED) is 0.754. The van der Waals surface area contributed by atoms with Gasteiger partial charge in [-0.2, -0.15) is 0 Å². The molecule has 2 heterocycles. The van der Waals surface area contributed by atoms with Crippen molar-refractivity contribution in [1.29, 1.82) is 0 Å². The van der Waals surface area contributed by atoms with Crippen LogP contribution in [-0.4, -0.2) is 67.4 Å². The number of amides is 1. The highest BCUT2D eigenvalue weighted by molar-refractivity contribution is 7.98. The Labute approximate surface area is 155 Å². The van der Waals surface area contributed by atoms with Crippen LogP contribution >= 0.6 is 11.8 Å². The first-order chi connectivity index (χ1) is 12.2. The van der Waals surface area contributed by atoms with Crippen LogP contribution in [0.25, 0.3) is 0 Å². The molecular formula is C20H30N2O2S. The highest BCUT2D eigenvalue weighted by atomic mass is 32.2. The summed E-state index contributed by atoms with van der Waals surface area (Å²) in [5, 5.41) is 0. The van der Waals surface area contributed by atoms with Gasteiger partial charge in [0, 0.05) is 31.1 Å². The highest BCUT2D eigenvalue weighted by Crippen LogP contribution is 2.17. The van der Waals surface area contributed by atoms with Gasteiger partial charge in [-0.1, -0.05) is 18.6 Å². The summed E-state index contributed by atoms with van der Waals surface area (Å²) in [7, 11) is 0. The van der Waals surface area contributed by atoms with Crippen LogP contribution in [0.5, 0.6) is 0 Å². The number of carbonyl (C=O) groups excluding carboxylic acids is 1. The van der Waals surface area contributed by atoms with Crippen LogP contribution in [0.15, 0.2) is 29.2 Å². The summed E-state index contributed by atoms with van der Waals surface area (Å²) in [5.74, 6) is 0.228. The van der Waals surface area contributed by atoms with Crippen molar-refractivity contribution in [3.8, 4) is 0 Å². The van der Waals surface area contributed by atoms with Gasteiger partial charge in [-0.05, 0) is 56.3 Å². The van der Waals surface area contributed by atoms with E-state index in [0.717, 1.165) is 38.2 Å². The predicted octanol–water partition coefficient (Wildman–Crippen LogP) is 3.05. The van der Waals surface area contributed by atoms with E-state index in [2.05, 4.69) is 35.4 Å². The van der Waals surface area contributed by atoms with Gasteiger partial charge in [0.1, 0.15) is 0 Å². The van der Waals surface area contributed by atoms with Crippen LogP contribution in [0, 0.1) is 0 Å².